The molecular weight excluding hydrogens is 416 g/mol. The Hall–Kier alpha value is -2.79. The van der Waals surface area contributed by atoms with Gasteiger partial charge in [-0.1, -0.05) is 11.8 Å². The molecule has 2 unspecified atom stereocenters. The van der Waals surface area contributed by atoms with E-state index in [0.29, 0.717) is 12.5 Å². The third-order valence-corrected chi connectivity index (χ3v) is 5.94. The van der Waals surface area contributed by atoms with Gasteiger partial charge in [-0.15, -0.1) is 0 Å². The number of aliphatic imine (C=N–C) groups is 1. The third-order valence-electron chi connectivity index (χ3n) is 4.96. The Morgan fingerprint density at radius 2 is 2.20 bits per heavy atom. The van der Waals surface area contributed by atoms with E-state index in [0.717, 1.165) is 17.8 Å². The summed E-state index contributed by atoms with van der Waals surface area (Å²) in [6.45, 7) is 1.86. The number of fused-ring (bicyclic) bond motifs is 1. The number of halogens is 2. The van der Waals surface area contributed by atoms with Crippen molar-refractivity contribution in [3.8, 4) is 5.88 Å². The Balaban J connectivity index is 1.64. The normalized spacial score (nSPS) is 25.4. The largest absolute Gasteiger partial charge is 0.477 e. The molecule has 0 aliphatic carbocycles. The van der Waals surface area contributed by atoms with Crippen molar-refractivity contribution >= 4 is 28.5 Å². The number of hydrogen-bond acceptors (Lipinski definition) is 8. The fourth-order valence-electron chi connectivity index (χ4n) is 3.46. The Kier molecular flexibility index (Phi) is 5.33. The number of rotatable bonds is 5. The highest BCUT2D eigenvalue weighted by molar-refractivity contribution is 8.13. The molecule has 11 heteroatoms. The molecule has 1 aromatic carbocycles. The maximum absolute atomic E-state index is 15.6. The lowest BCUT2D eigenvalue weighted by molar-refractivity contribution is 0.102. The lowest BCUT2D eigenvalue weighted by Crippen LogP contribution is -2.52. The molecule has 1 amide bonds. The van der Waals surface area contributed by atoms with Crippen LogP contribution in [0.25, 0.3) is 0 Å². The molecule has 0 bridgehead atoms. The van der Waals surface area contributed by atoms with Crippen molar-refractivity contribution in [3.63, 3.8) is 0 Å². The first kappa shape index (κ1) is 20.5. The topological polar surface area (TPSA) is 112 Å². The molecular formula is C19H19F2N5O3S. The van der Waals surface area contributed by atoms with Crippen molar-refractivity contribution in [3.05, 3.63) is 47.7 Å². The summed E-state index contributed by atoms with van der Waals surface area (Å²) in [4.78, 5) is 24.7. The van der Waals surface area contributed by atoms with Crippen LogP contribution in [0.1, 0.15) is 23.0 Å². The summed E-state index contributed by atoms with van der Waals surface area (Å²) in [5.74, 6) is -0.926. The van der Waals surface area contributed by atoms with Gasteiger partial charge in [0.25, 0.3) is 5.91 Å². The number of nitrogens with two attached hydrogens (primary N) is 1. The van der Waals surface area contributed by atoms with E-state index in [1.54, 1.807) is 6.92 Å². The van der Waals surface area contributed by atoms with Gasteiger partial charge in [0.1, 0.15) is 11.5 Å². The van der Waals surface area contributed by atoms with E-state index >= 15 is 4.39 Å². The number of anilines is 1. The summed E-state index contributed by atoms with van der Waals surface area (Å²) in [5, 5.41) is 2.78. The van der Waals surface area contributed by atoms with E-state index < -0.39 is 22.9 Å². The average Bonchev–Trinajstić information content (AvgIpc) is 3.07. The quantitative estimate of drug-likeness (QED) is 0.741. The summed E-state index contributed by atoms with van der Waals surface area (Å²) >= 11 is 1.06. The highest BCUT2D eigenvalue weighted by Crippen LogP contribution is 2.50. The highest BCUT2D eigenvalue weighted by Gasteiger charge is 2.61. The van der Waals surface area contributed by atoms with E-state index in [1.807, 2.05) is 0 Å². The van der Waals surface area contributed by atoms with Crippen LogP contribution >= 0.6 is 11.8 Å². The number of thioether (sulfide) groups is 1. The van der Waals surface area contributed by atoms with Crippen LogP contribution in [0.5, 0.6) is 5.88 Å². The van der Waals surface area contributed by atoms with Crippen molar-refractivity contribution in [2.75, 3.05) is 30.9 Å². The van der Waals surface area contributed by atoms with Gasteiger partial charge in [-0.25, -0.2) is 23.7 Å². The molecule has 0 spiro atoms. The number of alkyl halides is 1. The fraction of sp³-hybridized carbons (Fsp3) is 0.368. The lowest BCUT2D eigenvalue weighted by Gasteiger charge is -2.38. The Labute approximate surface area is 175 Å². The number of hydrogen-bond donors (Lipinski definition) is 2. The van der Waals surface area contributed by atoms with E-state index in [2.05, 4.69) is 20.3 Å². The summed E-state index contributed by atoms with van der Waals surface area (Å²) < 4.78 is 40.9. The van der Waals surface area contributed by atoms with E-state index in [-0.39, 0.29) is 41.1 Å². The first-order valence-corrected chi connectivity index (χ1v) is 10.2. The monoisotopic (exact) mass is 435 g/mol. The first-order chi connectivity index (χ1) is 14.4. The van der Waals surface area contributed by atoms with Gasteiger partial charge in [-0.3, -0.25) is 4.79 Å². The van der Waals surface area contributed by atoms with Gasteiger partial charge in [0.2, 0.25) is 5.88 Å². The summed E-state index contributed by atoms with van der Waals surface area (Å²) in [6, 6.07) is 3.87. The molecule has 2 atom stereocenters. The van der Waals surface area contributed by atoms with Crippen LogP contribution in [0.3, 0.4) is 0 Å². The van der Waals surface area contributed by atoms with Gasteiger partial charge in [0, 0.05) is 17.0 Å². The van der Waals surface area contributed by atoms with Crippen LogP contribution in [0.4, 0.5) is 14.5 Å². The molecule has 0 saturated carbocycles. The average molecular weight is 435 g/mol. The minimum atomic E-state index is -1.91. The predicted octanol–water partition coefficient (Wildman–Crippen LogP) is 2.26. The number of nitrogens with one attached hydrogen (secondary N) is 1. The highest BCUT2D eigenvalue weighted by atomic mass is 32.2. The smallest absolute Gasteiger partial charge is 0.275 e. The minimum absolute atomic E-state index is 0.000128. The van der Waals surface area contributed by atoms with Crippen molar-refractivity contribution in [1.29, 1.82) is 0 Å². The molecule has 0 radical (unpaired) electrons. The van der Waals surface area contributed by atoms with Gasteiger partial charge >= 0.3 is 0 Å². The van der Waals surface area contributed by atoms with Crippen LogP contribution in [0.15, 0.2) is 35.6 Å². The van der Waals surface area contributed by atoms with Crippen molar-refractivity contribution in [2.24, 2.45) is 10.7 Å². The van der Waals surface area contributed by atoms with Gasteiger partial charge in [-0.05, 0) is 25.1 Å². The van der Waals surface area contributed by atoms with E-state index in [1.165, 1.54) is 24.5 Å². The number of benzene rings is 1. The zero-order valence-electron chi connectivity index (χ0n) is 16.0. The number of amides is 1. The maximum atomic E-state index is 15.6. The SMILES string of the molecule is CCOc1cnc(C(=O)Nc2ccc(F)c(C34COCC3(F)CSC(N)=N4)c2)cn1. The van der Waals surface area contributed by atoms with Crippen molar-refractivity contribution < 1.29 is 23.0 Å². The van der Waals surface area contributed by atoms with Gasteiger partial charge in [0.05, 0.1) is 32.2 Å². The van der Waals surface area contributed by atoms with Crippen LogP contribution in [-0.2, 0) is 10.3 Å². The zero-order chi connectivity index (χ0) is 21.4. The van der Waals surface area contributed by atoms with E-state index in [4.69, 9.17) is 15.2 Å². The molecule has 4 rings (SSSR count). The van der Waals surface area contributed by atoms with Crippen molar-refractivity contribution in [2.45, 2.75) is 18.1 Å². The Morgan fingerprint density at radius 3 is 2.93 bits per heavy atom. The van der Waals surface area contributed by atoms with Crippen LogP contribution in [0.2, 0.25) is 0 Å². The zero-order valence-corrected chi connectivity index (χ0v) is 16.8. The van der Waals surface area contributed by atoms with Crippen LogP contribution < -0.4 is 15.8 Å². The summed E-state index contributed by atoms with van der Waals surface area (Å²) in [7, 11) is 0. The molecule has 158 valence electrons. The van der Waals surface area contributed by atoms with Crippen LogP contribution in [0, 0.1) is 5.82 Å². The molecule has 1 saturated heterocycles. The number of carbonyl (C=O) groups excluding carboxylic acids is 1. The molecule has 1 fully saturated rings. The molecule has 3 N–H and O–H groups in total. The third kappa shape index (κ3) is 3.47. The number of nitrogens with zero attached hydrogens (tertiary/aromatic N) is 3. The van der Waals surface area contributed by atoms with E-state index in [9.17, 15) is 9.18 Å². The lowest BCUT2D eigenvalue weighted by atomic mass is 9.79. The Morgan fingerprint density at radius 1 is 1.37 bits per heavy atom. The molecule has 3 heterocycles. The fourth-order valence-corrected chi connectivity index (χ4v) is 4.38. The Bertz CT molecular complexity index is 1010. The van der Waals surface area contributed by atoms with Gasteiger partial charge < -0.3 is 20.5 Å². The summed E-state index contributed by atoms with van der Waals surface area (Å²) in [6.07, 6.45) is 2.60. The second kappa shape index (κ2) is 7.80. The van der Waals surface area contributed by atoms with Gasteiger partial charge in [0.15, 0.2) is 16.4 Å². The number of aromatic nitrogens is 2. The maximum Gasteiger partial charge on any atom is 0.275 e. The second-order valence-corrected chi connectivity index (χ2v) is 7.87. The number of ether oxygens (including phenoxy) is 2. The standard InChI is InChI=1S/C19H19F2N5O3S/c1-2-29-15-7-23-14(6-24-15)16(27)25-11-3-4-13(20)12(5-11)19-9-28-8-18(19,21)10-30-17(22)26-19/h3-7H,2,8-10H2,1H3,(H2,22,26)(H,25,27). The van der Waals surface area contributed by atoms with Gasteiger partial charge in [-0.2, -0.15) is 0 Å². The van der Waals surface area contributed by atoms with Crippen molar-refractivity contribution in [1.82, 2.24) is 9.97 Å². The molecule has 30 heavy (non-hydrogen) atoms. The molecule has 2 aliphatic heterocycles. The number of amidine groups is 1. The molecule has 2 aliphatic rings. The molecule has 1 aromatic heterocycles. The minimum Gasteiger partial charge on any atom is -0.477 e. The number of carbonyl (C=O) groups is 1. The first-order valence-electron chi connectivity index (χ1n) is 9.18. The summed E-state index contributed by atoms with van der Waals surface area (Å²) in [5.41, 5.74) is 2.58. The second-order valence-electron chi connectivity index (χ2n) is 6.88. The molecule has 8 nitrogen and oxygen atoms in total. The predicted molar refractivity (Wildman–Crippen MR) is 108 cm³/mol. The van der Waals surface area contributed by atoms with Crippen LogP contribution in [-0.4, -0.2) is 52.3 Å². The molecule has 2 aromatic rings.